The van der Waals surface area contributed by atoms with E-state index in [2.05, 4.69) is 37.6 Å². The van der Waals surface area contributed by atoms with Crippen LogP contribution in [-0.2, 0) is 4.79 Å². The number of amides is 1. The van der Waals surface area contributed by atoms with Gasteiger partial charge in [-0.2, -0.15) is 0 Å². The molecule has 110 valence electrons. The quantitative estimate of drug-likeness (QED) is 0.775. The van der Waals surface area contributed by atoms with Crippen LogP contribution < -0.4 is 5.73 Å². The Labute approximate surface area is 117 Å². The van der Waals surface area contributed by atoms with Crippen molar-refractivity contribution in [2.75, 3.05) is 33.2 Å². The summed E-state index contributed by atoms with van der Waals surface area (Å²) in [7, 11) is 2.12. The maximum Gasteiger partial charge on any atom is 0.226 e. The molecular weight excluding hydrogens is 238 g/mol. The van der Waals surface area contributed by atoms with Gasteiger partial charge in [-0.3, -0.25) is 4.79 Å². The molecule has 4 nitrogen and oxygen atoms in total. The van der Waals surface area contributed by atoms with Crippen molar-refractivity contribution in [2.24, 2.45) is 23.0 Å². The Bertz CT molecular complexity index is 334. The number of carbonyl (C=O) groups is 1. The van der Waals surface area contributed by atoms with E-state index in [1.807, 2.05) is 0 Å². The summed E-state index contributed by atoms with van der Waals surface area (Å²) in [5, 5.41) is 0. The summed E-state index contributed by atoms with van der Waals surface area (Å²) >= 11 is 0. The molecule has 0 radical (unpaired) electrons. The standard InChI is InChI=1S/C15H29N3O/c1-11-13(16)6-5-12(15(11,2)3)14(19)18-9-7-17(4)8-10-18/h11-13H,5-10,16H2,1-4H3. The van der Waals surface area contributed by atoms with Gasteiger partial charge in [-0.25, -0.2) is 0 Å². The Kier molecular flexibility index (Phi) is 4.21. The Hall–Kier alpha value is -0.610. The highest BCUT2D eigenvalue weighted by molar-refractivity contribution is 5.80. The van der Waals surface area contributed by atoms with E-state index in [9.17, 15) is 4.79 Å². The maximum absolute atomic E-state index is 12.8. The van der Waals surface area contributed by atoms with Crippen LogP contribution in [0.4, 0.5) is 0 Å². The van der Waals surface area contributed by atoms with Crippen LogP contribution in [0.25, 0.3) is 0 Å². The minimum atomic E-state index is 0.0120. The average Bonchev–Trinajstić information content (AvgIpc) is 2.36. The van der Waals surface area contributed by atoms with Gasteiger partial charge in [0.25, 0.3) is 0 Å². The van der Waals surface area contributed by atoms with Crippen LogP contribution in [-0.4, -0.2) is 55.0 Å². The van der Waals surface area contributed by atoms with Gasteiger partial charge in [0, 0.05) is 38.1 Å². The number of likely N-dealkylation sites (N-methyl/N-ethyl adjacent to an activating group) is 1. The first kappa shape index (κ1) is 14.8. The molecule has 3 atom stereocenters. The Balaban J connectivity index is 2.06. The minimum Gasteiger partial charge on any atom is -0.340 e. The van der Waals surface area contributed by atoms with Crippen LogP contribution in [0, 0.1) is 17.3 Å². The third-order valence-electron chi connectivity index (χ3n) is 5.62. The molecule has 4 heteroatoms. The summed E-state index contributed by atoms with van der Waals surface area (Å²) < 4.78 is 0. The molecule has 1 saturated heterocycles. The Morgan fingerprint density at radius 1 is 1.16 bits per heavy atom. The first-order valence-electron chi connectivity index (χ1n) is 7.57. The van der Waals surface area contributed by atoms with E-state index in [1.165, 1.54) is 0 Å². The summed E-state index contributed by atoms with van der Waals surface area (Å²) in [4.78, 5) is 17.1. The molecule has 0 aromatic rings. The maximum atomic E-state index is 12.8. The molecule has 2 N–H and O–H groups in total. The van der Waals surface area contributed by atoms with Gasteiger partial charge in [-0.05, 0) is 31.2 Å². The van der Waals surface area contributed by atoms with E-state index < -0.39 is 0 Å². The molecule has 3 unspecified atom stereocenters. The van der Waals surface area contributed by atoms with Gasteiger partial charge >= 0.3 is 0 Å². The largest absolute Gasteiger partial charge is 0.340 e. The third-order valence-corrected chi connectivity index (χ3v) is 5.62. The van der Waals surface area contributed by atoms with Gasteiger partial charge in [-0.1, -0.05) is 20.8 Å². The lowest BCUT2D eigenvalue weighted by atomic mass is 9.60. The second kappa shape index (κ2) is 5.41. The summed E-state index contributed by atoms with van der Waals surface area (Å²) in [5.74, 6) is 0.908. The predicted octanol–water partition coefficient (Wildman–Crippen LogP) is 1.16. The molecule has 0 aromatic carbocycles. The molecule has 2 aliphatic rings. The van der Waals surface area contributed by atoms with Crippen LogP contribution in [0.2, 0.25) is 0 Å². The van der Waals surface area contributed by atoms with Gasteiger partial charge in [0.05, 0.1) is 0 Å². The van der Waals surface area contributed by atoms with E-state index >= 15 is 0 Å². The van der Waals surface area contributed by atoms with Gasteiger partial charge in [-0.15, -0.1) is 0 Å². The second-order valence-electron chi connectivity index (χ2n) is 7.03. The summed E-state index contributed by atoms with van der Waals surface area (Å²) in [6, 6.07) is 0.242. The van der Waals surface area contributed by atoms with Gasteiger partial charge in [0.15, 0.2) is 0 Å². The number of rotatable bonds is 1. The lowest BCUT2D eigenvalue weighted by Gasteiger charge is -2.48. The molecule has 0 spiro atoms. The van der Waals surface area contributed by atoms with Crippen molar-refractivity contribution in [1.82, 2.24) is 9.80 Å². The normalized spacial score (nSPS) is 36.3. The molecule has 1 aliphatic heterocycles. The number of nitrogens with zero attached hydrogens (tertiary/aromatic N) is 2. The molecule has 2 rings (SSSR count). The molecule has 1 heterocycles. The van der Waals surface area contributed by atoms with Crippen molar-refractivity contribution in [2.45, 2.75) is 39.7 Å². The molecule has 2 fully saturated rings. The van der Waals surface area contributed by atoms with E-state index in [0.717, 1.165) is 39.0 Å². The number of hydrogen-bond acceptors (Lipinski definition) is 3. The predicted molar refractivity (Wildman–Crippen MR) is 77.7 cm³/mol. The number of carbonyl (C=O) groups excluding carboxylic acids is 1. The van der Waals surface area contributed by atoms with Crippen molar-refractivity contribution < 1.29 is 4.79 Å². The summed E-state index contributed by atoms with van der Waals surface area (Å²) in [5.41, 5.74) is 6.19. The minimum absolute atomic E-state index is 0.0120. The third kappa shape index (κ3) is 2.79. The molecular formula is C15H29N3O. The first-order valence-corrected chi connectivity index (χ1v) is 7.57. The molecule has 19 heavy (non-hydrogen) atoms. The number of piperazine rings is 1. The molecule has 0 bridgehead atoms. The zero-order chi connectivity index (χ0) is 14.2. The second-order valence-corrected chi connectivity index (χ2v) is 7.03. The topological polar surface area (TPSA) is 49.6 Å². The SMILES string of the molecule is CC1C(N)CCC(C(=O)N2CCN(C)CC2)C1(C)C. The Morgan fingerprint density at radius 3 is 2.32 bits per heavy atom. The van der Waals surface area contributed by atoms with Crippen LogP contribution >= 0.6 is 0 Å². The van der Waals surface area contributed by atoms with E-state index in [0.29, 0.717) is 11.8 Å². The number of hydrogen-bond donors (Lipinski definition) is 1. The summed E-state index contributed by atoms with van der Waals surface area (Å²) in [6.07, 6.45) is 1.93. The fraction of sp³-hybridized carbons (Fsp3) is 0.933. The van der Waals surface area contributed by atoms with E-state index in [4.69, 9.17) is 5.73 Å². The molecule has 0 aromatic heterocycles. The van der Waals surface area contributed by atoms with Crippen LogP contribution in [0.15, 0.2) is 0 Å². The smallest absolute Gasteiger partial charge is 0.226 e. The van der Waals surface area contributed by atoms with Crippen molar-refractivity contribution >= 4 is 5.91 Å². The van der Waals surface area contributed by atoms with Gasteiger partial charge < -0.3 is 15.5 Å². The van der Waals surface area contributed by atoms with Crippen LogP contribution in [0.5, 0.6) is 0 Å². The highest BCUT2D eigenvalue weighted by Gasteiger charge is 2.46. The molecule has 1 saturated carbocycles. The first-order chi connectivity index (χ1) is 8.84. The van der Waals surface area contributed by atoms with E-state index in [-0.39, 0.29) is 17.4 Å². The average molecular weight is 267 g/mol. The Morgan fingerprint density at radius 2 is 1.74 bits per heavy atom. The van der Waals surface area contributed by atoms with Gasteiger partial charge in [0.2, 0.25) is 5.91 Å². The molecule has 1 amide bonds. The van der Waals surface area contributed by atoms with Crippen molar-refractivity contribution in [1.29, 1.82) is 0 Å². The van der Waals surface area contributed by atoms with Crippen molar-refractivity contribution in [3.63, 3.8) is 0 Å². The monoisotopic (exact) mass is 267 g/mol. The highest BCUT2D eigenvalue weighted by Crippen LogP contribution is 2.45. The zero-order valence-electron chi connectivity index (χ0n) is 12.9. The van der Waals surface area contributed by atoms with Gasteiger partial charge in [0.1, 0.15) is 0 Å². The summed E-state index contributed by atoms with van der Waals surface area (Å²) in [6.45, 7) is 10.4. The van der Waals surface area contributed by atoms with Crippen LogP contribution in [0.1, 0.15) is 33.6 Å². The number of nitrogens with two attached hydrogens (primary N) is 1. The van der Waals surface area contributed by atoms with Crippen molar-refractivity contribution in [3.8, 4) is 0 Å². The zero-order valence-corrected chi connectivity index (χ0v) is 12.9. The lowest BCUT2D eigenvalue weighted by molar-refractivity contribution is -0.145. The lowest BCUT2D eigenvalue weighted by Crippen LogP contribution is -2.55. The molecule has 1 aliphatic carbocycles. The fourth-order valence-corrected chi connectivity index (χ4v) is 3.54. The van der Waals surface area contributed by atoms with E-state index in [1.54, 1.807) is 0 Å². The van der Waals surface area contributed by atoms with Crippen molar-refractivity contribution in [3.05, 3.63) is 0 Å². The fourth-order valence-electron chi connectivity index (χ4n) is 3.54. The van der Waals surface area contributed by atoms with Crippen LogP contribution in [0.3, 0.4) is 0 Å². The highest BCUT2D eigenvalue weighted by atomic mass is 16.2.